The van der Waals surface area contributed by atoms with Crippen molar-refractivity contribution < 1.29 is 9.59 Å². The minimum atomic E-state index is -0.803. The number of fused-ring (bicyclic) bond motifs is 1. The number of aryl methyl sites for hydroxylation is 2. The molecule has 1 aromatic carbocycles. The molecule has 21 heavy (non-hydrogen) atoms. The number of carbonyl (C=O) groups excluding carboxylic acids is 2. The minimum Gasteiger partial charge on any atom is -0.340 e. The highest BCUT2D eigenvalue weighted by molar-refractivity contribution is 6.10. The number of hydrogen-bond donors (Lipinski definition) is 1. The second kappa shape index (κ2) is 4.86. The average molecular weight is 286 g/mol. The summed E-state index contributed by atoms with van der Waals surface area (Å²) >= 11 is 0. The van der Waals surface area contributed by atoms with Gasteiger partial charge in [-0.3, -0.25) is 14.5 Å². The lowest BCUT2D eigenvalue weighted by atomic mass is 9.91. The Balaban J connectivity index is 2.02. The first kappa shape index (κ1) is 14.1. The van der Waals surface area contributed by atoms with Crippen LogP contribution >= 0.6 is 0 Å². The lowest BCUT2D eigenvalue weighted by molar-refractivity contribution is -0.137. The van der Waals surface area contributed by atoms with Crippen molar-refractivity contribution in [3.63, 3.8) is 0 Å². The van der Waals surface area contributed by atoms with Gasteiger partial charge in [-0.25, -0.2) is 0 Å². The first-order chi connectivity index (χ1) is 9.96. The standard InChI is InChI=1S/C17H22N2O2/c1-4-17(3)16(21)19(11(2)15(20)18-17)14-9-8-12-6-5-7-13(12)10-14/h8-11H,4-7H2,1-3H3,(H,18,20). The number of benzene rings is 1. The van der Waals surface area contributed by atoms with Crippen molar-refractivity contribution in [2.75, 3.05) is 4.90 Å². The van der Waals surface area contributed by atoms with Crippen molar-refractivity contribution in [3.05, 3.63) is 29.3 Å². The van der Waals surface area contributed by atoms with Gasteiger partial charge in [-0.15, -0.1) is 0 Å². The molecule has 1 aromatic rings. The number of piperazine rings is 1. The summed E-state index contributed by atoms with van der Waals surface area (Å²) in [6, 6.07) is 5.71. The average Bonchev–Trinajstić information content (AvgIpc) is 2.93. The van der Waals surface area contributed by atoms with E-state index in [0.29, 0.717) is 6.42 Å². The maximum atomic E-state index is 12.8. The molecular weight excluding hydrogens is 264 g/mol. The molecule has 4 nitrogen and oxygen atoms in total. The molecule has 0 aromatic heterocycles. The Morgan fingerprint density at radius 3 is 2.71 bits per heavy atom. The Bertz CT molecular complexity index is 611. The summed E-state index contributed by atoms with van der Waals surface area (Å²) < 4.78 is 0. The molecule has 1 saturated heterocycles. The van der Waals surface area contributed by atoms with Gasteiger partial charge in [-0.1, -0.05) is 13.0 Å². The summed E-state index contributed by atoms with van der Waals surface area (Å²) in [4.78, 5) is 26.7. The van der Waals surface area contributed by atoms with Crippen LogP contribution in [0.4, 0.5) is 5.69 Å². The summed E-state index contributed by atoms with van der Waals surface area (Å²) in [7, 11) is 0. The largest absolute Gasteiger partial charge is 0.340 e. The Hall–Kier alpha value is -1.84. The summed E-state index contributed by atoms with van der Waals surface area (Å²) in [6.45, 7) is 5.52. The summed E-state index contributed by atoms with van der Waals surface area (Å²) in [5.41, 5.74) is 2.74. The molecule has 0 radical (unpaired) electrons. The van der Waals surface area contributed by atoms with Crippen LogP contribution in [0, 0.1) is 0 Å². The van der Waals surface area contributed by atoms with E-state index in [4.69, 9.17) is 0 Å². The highest BCUT2D eigenvalue weighted by atomic mass is 16.2. The second-order valence-electron chi connectivity index (χ2n) is 6.33. The molecule has 3 rings (SSSR count). The van der Waals surface area contributed by atoms with Crippen LogP contribution in [0.3, 0.4) is 0 Å². The molecule has 1 heterocycles. The predicted molar refractivity (Wildman–Crippen MR) is 82.3 cm³/mol. The Morgan fingerprint density at radius 2 is 2.00 bits per heavy atom. The molecule has 2 amide bonds. The molecule has 0 saturated carbocycles. The van der Waals surface area contributed by atoms with Gasteiger partial charge in [0.1, 0.15) is 11.6 Å². The Labute approximate surface area is 125 Å². The highest BCUT2D eigenvalue weighted by Gasteiger charge is 2.46. The molecule has 0 bridgehead atoms. The van der Waals surface area contributed by atoms with Crippen LogP contribution in [0.25, 0.3) is 0 Å². The number of carbonyl (C=O) groups is 2. The normalized spacial score (nSPS) is 28.5. The smallest absolute Gasteiger partial charge is 0.253 e. The molecule has 2 aliphatic rings. The van der Waals surface area contributed by atoms with Gasteiger partial charge < -0.3 is 5.32 Å². The molecular formula is C17H22N2O2. The van der Waals surface area contributed by atoms with Crippen LogP contribution in [0.1, 0.15) is 44.7 Å². The number of anilines is 1. The maximum Gasteiger partial charge on any atom is 0.253 e. The molecule has 1 aliphatic carbocycles. The zero-order valence-corrected chi connectivity index (χ0v) is 12.9. The van der Waals surface area contributed by atoms with Crippen molar-refractivity contribution >= 4 is 17.5 Å². The van der Waals surface area contributed by atoms with E-state index in [1.54, 1.807) is 18.7 Å². The first-order valence-electron chi connectivity index (χ1n) is 7.74. The van der Waals surface area contributed by atoms with Crippen molar-refractivity contribution in [1.82, 2.24) is 5.32 Å². The molecule has 1 N–H and O–H groups in total. The van der Waals surface area contributed by atoms with Crippen LogP contribution in [0.15, 0.2) is 18.2 Å². The quantitative estimate of drug-likeness (QED) is 0.906. The number of hydrogen-bond acceptors (Lipinski definition) is 2. The van der Waals surface area contributed by atoms with E-state index in [1.165, 1.54) is 17.5 Å². The van der Waals surface area contributed by atoms with Gasteiger partial charge in [0.15, 0.2) is 0 Å². The third-order valence-electron chi connectivity index (χ3n) is 4.92. The van der Waals surface area contributed by atoms with Gasteiger partial charge in [0, 0.05) is 5.69 Å². The van der Waals surface area contributed by atoms with Gasteiger partial charge in [-0.05, 0) is 62.8 Å². The predicted octanol–water partition coefficient (Wildman–Crippen LogP) is 2.20. The third-order valence-corrected chi connectivity index (χ3v) is 4.92. The highest BCUT2D eigenvalue weighted by Crippen LogP contribution is 2.31. The fraction of sp³-hybridized carbons (Fsp3) is 0.529. The summed E-state index contributed by atoms with van der Waals surface area (Å²) in [6.07, 6.45) is 3.95. The van der Waals surface area contributed by atoms with Gasteiger partial charge in [-0.2, -0.15) is 0 Å². The zero-order valence-electron chi connectivity index (χ0n) is 12.9. The summed E-state index contributed by atoms with van der Waals surface area (Å²) in [5.74, 6) is -0.102. The van der Waals surface area contributed by atoms with E-state index in [-0.39, 0.29) is 11.8 Å². The van der Waals surface area contributed by atoms with Gasteiger partial charge in [0.2, 0.25) is 5.91 Å². The SMILES string of the molecule is CCC1(C)NC(=O)C(C)N(c2ccc3c(c2)CCC3)C1=O. The molecule has 1 fully saturated rings. The Kier molecular flexibility index (Phi) is 3.27. The fourth-order valence-corrected chi connectivity index (χ4v) is 3.28. The number of nitrogens with zero attached hydrogens (tertiary/aromatic N) is 1. The molecule has 1 aliphatic heterocycles. The van der Waals surface area contributed by atoms with E-state index in [1.807, 2.05) is 13.0 Å². The number of rotatable bonds is 2. The monoisotopic (exact) mass is 286 g/mol. The van der Waals surface area contributed by atoms with E-state index in [9.17, 15) is 9.59 Å². The van der Waals surface area contributed by atoms with Crippen molar-refractivity contribution in [3.8, 4) is 0 Å². The van der Waals surface area contributed by atoms with E-state index in [2.05, 4.69) is 17.4 Å². The van der Waals surface area contributed by atoms with Gasteiger partial charge in [0.25, 0.3) is 5.91 Å². The summed E-state index contributed by atoms with van der Waals surface area (Å²) in [5, 5.41) is 2.86. The van der Waals surface area contributed by atoms with Crippen LogP contribution < -0.4 is 10.2 Å². The fourth-order valence-electron chi connectivity index (χ4n) is 3.28. The van der Waals surface area contributed by atoms with Gasteiger partial charge in [0.05, 0.1) is 0 Å². The molecule has 112 valence electrons. The maximum absolute atomic E-state index is 12.8. The van der Waals surface area contributed by atoms with Crippen molar-refractivity contribution in [2.24, 2.45) is 0 Å². The van der Waals surface area contributed by atoms with Crippen LogP contribution in [-0.4, -0.2) is 23.4 Å². The van der Waals surface area contributed by atoms with E-state index >= 15 is 0 Å². The third kappa shape index (κ3) is 2.13. The van der Waals surface area contributed by atoms with Crippen LogP contribution in [0.5, 0.6) is 0 Å². The number of amides is 2. The topological polar surface area (TPSA) is 49.4 Å². The second-order valence-corrected chi connectivity index (χ2v) is 6.33. The van der Waals surface area contributed by atoms with Crippen molar-refractivity contribution in [2.45, 2.75) is 58.0 Å². The lowest BCUT2D eigenvalue weighted by Gasteiger charge is -2.43. The lowest BCUT2D eigenvalue weighted by Crippen LogP contribution is -2.68. The van der Waals surface area contributed by atoms with E-state index in [0.717, 1.165) is 18.5 Å². The van der Waals surface area contributed by atoms with Crippen LogP contribution in [-0.2, 0) is 22.4 Å². The van der Waals surface area contributed by atoms with E-state index < -0.39 is 11.6 Å². The molecule has 2 unspecified atom stereocenters. The molecule has 2 atom stereocenters. The zero-order chi connectivity index (χ0) is 15.2. The number of nitrogens with one attached hydrogen (secondary N) is 1. The Morgan fingerprint density at radius 1 is 1.29 bits per heavy atom. The molecule has 4 heteroatoms. The first-order valence-corrected chi connectivity index (χ1v) is 7.74. The van der Waals surface area contributed by atoms with Crippen LogP contribution in [0.2, 0.25) is 0 Å². The van der Waals surface area contributed by atoms with Gasteiger partial charge >= 0.3 is 0 Å². The minimum absolute atomic E-state index is 0.0185. The van der Waals surface area contributed by atoms with Crippen molar-refractivity contribution in [1.29, 1.82) is 0 Å². The molecule has 0 spiro atoms.